The van der Waals surface area contributed by atoms with Crippen LogP contribution in [0.3, 0.4) is 0 Å². The Morgan fingerprint density at radius 2 is 1.71 bits per heavy atom. The minimum atomic E-state index is -3.61. The number of sulfonamides is 2. The summed E-state index contributed by atoms with van der Waals surface area (Å²) < 4.78 is 52.6. The van der Waals surface area contributed by atoms with Crippen molar-refractivity contribution >= 4 is 41.9 Å². The van der Waals surface area contributed by atoms with Crippen LogP contribution in [0.1, 0.15) is 12.8 Å². The predicted molar refractivity (Wildman–Crippen MR) is 109 cm³/mol. The summed E-state index contributed by atoms with van der Waals surface area (Å²) in [7, 11) is -6.92. The third kappa shape index (κ3) is 4.76. The number of hydrogen-bond donors (Lipinski definition) is 0. The number of piperidine rings is 1. The Balaban J connectivity index is 1.63. The second-order valence-electron chi connectivity index (χ2n) is 7.15. The predicted octanol–water partition coefficient (Wildman–Crippen LogP) is 0.954. The molecule has 0 unspecified atom stereocenters. The van der Waals surface area contributed by atoms with Gasteiger partial charge in [0.2, 0.25) is 26.0 Å². The lowest BCUT2D eigenvalue weighted by Gasteiger charge is -2.38. The van der Waals surface area contributed by atoms with Gasteiger partial charge in [0, 0.05) is 43.7 Å². The van der Waals surface area contributed by atoms with Crippen LogP contribution in [0.5, 0.6) is 0 Å². The molecule has 3 rings (SSSR count). The number of rotatable bonds is 4. The summed E-state index contributed by atoms with van der Waals surface area (Å²) in [5.74, 6) is -0.454. The summed E-state index contributed by atoms with van der Waals surface area (Å²) in [6.07, 6.45) is 2.47. The Labute approximate surface area is 174 Å². The Morgan fingerprint density at radius 1 is 1.04 bits per heavy atom. The molecular formula is C17H24BrN3O5S2. The largest absolute Gasteiger partial charge is 0.340 e. The van der Waals surface area contributed by atoms with Crippen LogP contribution < -0.4 is 0 Å². The van der Waals surface area contributed by atoms with E-state index in [1.54, 1.807) is 29.2 Å². The van der Waals surface area contributed by atoms with Crippen LogP contribution in [0.4, 0.5) is 0 Å². The molecule has 1 amide bonds. The first kappa shape index (κ1) is 21.7. The average molecular weight is 494 g/mol. The number of halogens is 1. The molecule has 2 aliphatic heterocycles. The van der Waals surface area contributed by atoms with Gasteiger partial charge < -0.3 is 4.90 Å². The number of benzene rings is 1. The Kier molecular flexibility index (Phi) is 6.50. The van der Waals surface area contributed by atoms with Gasteiger partial charge in [0.25, 0.3) is 0 Å². The number of carbonyl (C=O) groups excluding carboxylic acids is 1. The summed E-state index contributed by atoms with van der Waals surface area (Å²) in [5, 5.41) is 0. The monoisotopic (exact) mass is 493 g/mol. The van der Waals surface area contributed by atoms with E-state index in [1.165, 1.54) is 8.61 Å². The number of hydrogen-bond acceptors (Lipinski definition) is 5. The van der Waals surface area contributed by atoms with E-state index < -0.39 is 20.0 Å². The van der Waals surface area contributed by atoms with E-state index in [-0.39, 0.29) is 36.4 Å². The highest BCUT2D eigenvalue weighted by Gasteiger charge is 2.35. The Morgan fingerprint density at radius 3 is 2.32 bits per heavy atom. The van der Waals surface area contributed by atoms with Crippen molar-refractivity contribution in [3.63, 3.8) is 0 Å². The molecule has 1 aromatic rings. The lowest BCUT2D eigenvalue weighted by molar-refractivity contribution is -0.137. The van der Waals surface area contributed by atoms with Gasteiger partial charge in [-0.3, -0.25) is 4.79 Å². The molecule has 8 nitrogen and oxygen atoms in total. The third-order valence-electron chi connectivity index (χ3n) is 5.19. The molecule has 156 valence electrons. The molecule has 0 N–H and O–H groups in total. The van der Waals surface area contributed by atoms with Crippen LogP contribution >= 0.6 is 15.9 Å². The van der Waals surface area contributed by atoms with Crippen molar-refractivity contribution < 1.29 is 21.6 Å². The van der Waals surface area contributed by atoms with E-state index in [9.17, 15) is 21.6 Å². The zero-order valence-electron chi connectivity index (χ0n) is 15.6. The van der Waals surface area contributed by atoms with Gasteiger partial charge in [-0.2, -0.15) is 4.31 Å². The molecule has 2 heterocycles. The van der Waals surface area contributed by atoms with Gasteiger partial charge in [-0.1, -0.05) is 22.0 Å². The molecule has 1 atom stereocenters. The third-order valence-corrected chi connectivity index (χ3v) is 8.84. The van der Waals surface area contributed by atoms with E-state index >= 15 is 0 Å². The molecule has 11 heteroatoms. The SMILES string of the molecule is CS(=O)(=O)N1CCC[C@@H](C(=O)N2CCN(S(=O)(=O)c3cccc(Br)c3)CC2)C1. The molecule has 2 fully saturated rings. The van der Waals surface area contributed by atoms with Crippen molar-refractivity contribution in [3.8, 4) is 0 Å². The van der Waals surface area contributed by atoms with Crippen molar-refractivity contribution in [1.29, 1.82) is 0 Å². The minimum Gasteiger partial charge on any atom is -0.340 e. The fraction of sp³-hybridized carbons (Fsp3) is 0.588. The fourth-order valence-corrected chi connectivity index (χ4v) is 6.56. The standard InChI is InChI=1S/C17H24BrN3O5S2/c1-27(23,24)21-7-3-4-14(13-21)17(22)19-8-10-20(11-9-19)28(25,26)16-6-2-5-15(18)12-16/h2,5-6,12,14H,3-4,7-11,13H2,1H3/t14-/m1/s1. The summed E-state index contributed by atoms with van der Waals surface area (Å²) in [4.78, 5) is 14.7. The summed E-state index contributed by atoms with van der Waals surface area (Å²) in [6.45, 7) is 1.71. The first-order chi connectivity index (χ1) is 13.1. The van der Waals surface area contributed by atoms with Crippen LogP contribution in [-0.2, 0) is 24.8 Å². The van der Waals surface area contributed by atoms with Crippen LogP contribution in [0, 0.1) is 5.92 Å². The Bertz CT molecular complexity index is 943. The maximum absolute atomic E-state index is 12.8. The molecule has 0 spiro atoms. The zero-order valence-corrected chi connectivity index (χ0v) is 18.8. The minimum absolute atomic E-state index is 0.0900. The molecule has 0 aromatic heterocycles. The van der Waals surface area contributed by atoms with Crippen molar-refractivity contribution in [2.45, 2.75) is 17.7 Å². The van der Waals surface area contributed by atoms with E-state index in [1.807, 2.05) is 0 Å². The highest BCUT2D eigenvalue weighted by atomic mass is 79.9. The molecule has 0 radical (unpaired) electrons. The second-order valence-corrected chi connectivity index (χ2v) is 12.0. The maximum atomic E-state index is 12.8. The molecular weight excluding hydrogens is 470 g/mol. The van der Waals surface area contributed by atoms with Crippen LogP contribution in [0.25, 0.3) is 0 Å². The summed E-state index contributed by atoms with van der Waals surface area (Å²) in [5.41, 5.74) is 0. The van der Waals surface area contributed by atoms with Crippen LogP contribution in [0.15, 0.2) is 33.6 Å². The van der Waals surface area contributed by atoms with Crippen LogP contribution in [-0.4, -0.2) is 81.8 Å². The van der Waals surface area contributed by atoms with Gasteiger partial charge in [-0.15, -0.1) is 0 Å². The smallest absolute Gasteiger partial charge is 0.243 e. The van der Waals surface area contributed by atoms with Crippen molar-refractivity contribution in [3.05, 3.63) is 28.7 Å². The molecule has 0 bridgehead atoms. The topological polar surface area (TPSA) is 95.1 Å². The van der Waals surface area contributed by atoms with Crippen molar-refractivity contribution in [2.24, 2.45) is 5.92 Å². The van der Waals surface area contributed by atoms with Crippen LogP contribution in [0.2, 0.25) is 0 Å². The first-order valence-electron chi connectivity index (χ1n) is 9.08. The van der Waals surface area contributed by atoms with E-state index in [0.717, 1.165) is 6.26 Å². The highest BCUT2D eigenvalue weighted by Crippen LogP contribution is 2.24. The molecule has 2 aliphatic rings. The number of amides is 1. The highest BCUT2D eigenvalue weighted by molar-refractivity contribution is 9.10. The number of carbonyl (C=O) groups is 1. The Hall–Kier alpha value is -1.01. The second kappa shape index (κ2) is 8.39. The quantitative estimate of drug-likeness (QED) is 0.622. The molecule has 28 heavy (non-hydrogen) atoms. The zero-order chi connectivity index (χ0) is 20.5. The lowest BCUT2D eigenvalue weighted by atomic mass is 9.98. The molecule has 2 saturated heterocycles. The van der Waals surface area contributed by atoms with Gasteiger partial charge in [-0.25, -0.2) is 21.1 Å². The van der Waals surface area contributed by atoms with E-state index in [0.29, 0.717) is 36.9 Å². The van der Waals surface area contributed by atoms with Gasteiger partial charge >= 0.3 is 0 Å². The summed E-state index contributed by atoms with van der Waals surface area (Å²) in [6, 6.07) is 6.56. The first-order valence-corrected chi connectivity index (χ1v) is 13.2. The molecule has 1 aromatic carbocycles. The van der Waals surface area contributed by atoms with Gasteiger partial charge in [0.1, 0.15) is 0 Å². The van der Waals surface area contributed by atoms with Gasteiger partial charge in [0.15, 0.2) is 0 Å². The summed E-state index contributed by atoms with van der Waals surface area (Å²) >= 11 is 3.29. The molecule has 0 saturated carbocycles. The van der Waals surface area contributed by atoms with Gasteiger partial charge in [0.05, 0.1) is 17.1 Å². The van der Waals surface area contributed by atoms with E-state index in [4.69, 9.17) is 0 Å². The maximum Gasteiger partial charge on any atom is 0.243 e. The lowest BCUT2D eigenvalue weighted by Crippen LogP contribution is -2.53. The van der Waals surface area contributed by atoms with Gasteiger partial charge in [-0.05, 0) is 31.0 Å². The van der Waals surface area contributed by atoms with Crippen molar-refractivity contribution in [1.82, 2.24) is 13.5 Å². The number of nitrogens with zero attached hydrogens (tertiary/aromatic N) is 3. The normalized spacial score (nSPS) is 22.9. The fourth-order valence-electron chi connectivity index (χ4n) is 3.63. The molecule has 0 aliphatic carbocycles. The van der Waals surface area contributed by atoms with Crippen molar-refractivity contribution in [2.75, 3.05) is 45.5 Å². The average Bonchev–Trinajstić information content (AvgIpc) is 2.67. The van der Waals surface area contributed by atoms with E-state index in [2.05, 4.69) is 15.9 Å². The number of piperazine rings is 1.